The number of hydrogen-bond acceptors (Lipinski definition) is 4. The highest BCUT2D eigenvalue weighted by molar-refractivity contribution is 7.99. The van der Waals surface area contributed by atoms with E-state index in [2.05, 4.69) is 41.3 Å². The van der Waals surface area contributed by atoms with Crippen LogP contribution in [0.2, 0.25) is 5.02 Å². The van der Waals surface area contributed by atoms with Gasteiger partial charge in [-0.15, -0.1) is 5.10 Å². The van der Waals surface area contributed by atoms with Crippen LogP contribution in [0.1, 0.15) is 27.6 Å². The first kappa shape index (κ1) is 15.4. The molecule has 4 rings (SSSR count). The van der Waals surface area contributed by atoms with Gasteiger partial charge in [-0.25, -0.2) is 4.98 Å². The van der Waals surface area contributed by atoms with Gasteiger partial charge >= 0.3 is 0 Å². The minimum atomic E-state index is -0.0259. The zero-order valence-electron chi connectivity index (χ0n) is 12.9. The molecule has 4 nitrogen and oxygen atoms in total. The van der Waals surface area contributed by atoms with Crippen LogP contribution in [-0.4, -0.2) is 20.7 Å². The highest BCUT2D eigenvalue weighted by Gasteiger charge is 2.30. The molecule has 0 saturated heterocycles. The van der Waals surface area contributed by atoms with Gasteiger partial charge in [0.25, 0.3) is 5.91 Å². The SMILES string of the molecule is Cc1ccc([C@@H]2CC(=O)n3nc(-c4ccc(Cl)cc4)nc3S2)cc1. The van der Waals surface area contributed by atoms with Crippen LogP contribution in [-0.2, 0) is 0 Å². The molecule has 24 heavy (non-hydrogen) atoms. The molecule has 0 saturated carbocycles. The largest absolute Gasteiger partial charge is 0.272 e. The first-order valence-corrected chi connectivity index (χ1v) is 8.85. The molecule has 0 bridgehead atoms. The number of nitrogens with zero attached hydrogens (tertiary/aromatic N) is 3. The molecule has 1 aliphatic rings. The van der Waals surface area contributed by atoms with E-state index >= 15 is 0 Å². The van der Waals surface area contributed by atoms with E-state index in [1.165, 1.54) is 10.2 Å². The summed E-state index contributed by atoms with van der Waals surface area (Å²) in [7, 11) is 0. The van der Waals surface area contributed by atoms with E-state index < -0.39 is 0 Å². The van der Waals surface area contributed by atoms with Crippen molar-refractivity contribution < 1.29 is 4.79 Å². The van der Waals surface area contributed by atoms with Crippen LogP contribution >= 0.6 is 23.4 Å². The predicted octanol–water partition coefficient (Wildman–Crippen LogP) is 4.78. The molecule has 2 aromatic carbocycles. The summed E-state index contributed by atoms with van der Waals surface area (Å²) in [5, 5.41) is 5.74. The summed E-state index contributed by atoms with van der Waals surface area (Å²) in [6.07, 6.45) is 0.421. The van der Waals surface area contributed by atoms with Crippen molar-refractivity contribution in [2.75, 3.05) is 0 Å². The number of carbonyl (C=O) groups is 1. The minimum absolute atomic E-state index is 0.0259. The Morgan fingerprint density at radius 3 is 2.54 bits per heavy atom. The topological polar surface area (TPSA) is 47.8 Å². The predicted molar refractivity (Wildman–Crippen MR) is 95.5 cm³/mol. The first-order chi connectivity index (χ1) is 11.6. The minimum Gasteiger partial charge on any atom is -0.272 e. The second kappa shape index (κ2) is 6.07. The zero-order valence-corrected chi connectivity index (χ0v) is 14.5. The Labute approximate surface area is 148 Å². The van der Waals surface area contributed by atoms with Gasteiger partial charge in [0.2, 0.25) is 0 Å². The molecule has 1 aliphatic heterocycles. The van der Waals surface area contributed by atoms with Crippen LogP contribution in [0.3, 0.4) is 0 Å². The smallest absolute Gasteiger partial charge is 0.250 e. The molecule has 0 N–H and O–H groups in total. The van der Waals surface area contributed by atoms with E-state index in [0.29, 0.717) is 22.4 Å². The monoisotopic (exact) mass is 355 g/mol. The lowest BCUT2D eigenvalue weighted by molar-refractivity contribution is 0.0868. The number of thioether (sulfide) groups is 1. The van der Waals surface area contributed by atoms with Crippen LogP contribution in [0, 0.1) is 6.92 Å². The lowest BCUT2D eigenvalue weighted by atomic mass is 10.1. The van der Waals surface area contributed by atoms with E-state index in [1.807, 2.05) is 12.1 Å². The first-order valence-electron chi connectivity index (χ1n) is 7.59. The summed E-state index contributed by atoms with van der Waals surface area (Å²) < 4.78 is 1.42. The van der Waals surface area contributed by atoms with Crippen molar-refractivity contribution in [2.24, 2.45) is 0 Å². The molecule has 120 valence electrons. The molecule has 1 aromatic heterocycles. The standard InChI is InChI=1S/C18H14ClN3OS/c1-11-2-4-12(5-3-11)15-10-16(23)22-18(24-15)20-17(21-22)13-6-8-14(19)9-7-13/h2-9,15H,10H2,1H3/t15-/m0/s1. The van der Waals surface area contributed by atoms with Gasteiger partial charge in [0, 0.05) is 22.3 Å². The third-order valence-corrected chi connectivity index (χ3v) is 5.42. The molecule has 0 unspecified atom stereocenters. The van der Waals surface area contributed by atoms with E-state index in [0.717, 1.165) is 11.1 Å². The summed E-state index contributed by atoms with van der Waals surface area (Å²) in [5.41, 5.74) is 3.20. The number of carbonyl (C=O) groups excluding carboxylic acids is 1. The lowest BCUT2D eigenvalue weighted by Gasteiger charge is -2.20. The molecule has 3 aromatic rings. The Morgan fingerprint density at radius 2 is 1.83 bits per heavy atom. The van der Waals surface area contributed by atoms with E-state index in [1.54, 1.807) is 23.9 Å². The molecule has 0 amide bonds. The van der Waals surface area contributed by atoms with Crippen LogP contribution in [0.5, 0.6) is 0 Å². The number of hydrogen-bond donors (Lipinski definition) is 0. The second-order valence-electron chi connectivity index (χ2n) is 5.75. The third-order valence-electron chi connectivity index (χ3n) is 3.97. The Bertz CT molecular complexity index is 903. The third kappa shape index (κ3) is 2.85. The van der Waals surface area contributed by atoms with Crippen molar-refractivity contribution in [1.82, 2.24) is 14.8 Å². The van der Waals surface area contributed by atoms with Crippen molar-refractivity contribution in [3.05, 3.63) is 64.7 Å². The fourth-order valence-electron chi connectivity index (χ4n) is 2.64. The van der Waals surface area contributed by atoms with Crippen molar-refractivity contribution >= 4 is 29.3 Å². The summed E-state index contributed by atoms with van der Waals surface area (Å²) in [6, 6.07) is 15.6. The Kier molecular flexibility index (Phi) is 3.90. The normalized spacial score (nSPS) is 16.9. The molecule has 2 heterocycles. The van der Waals surface area contributed by atoms with Crippen LogP contribution in [0.4, 0.5) is 0 Å². The zero-order chi connectivity index (χ0) is 16.7. The van der Waals surface area contributed by atoms with Gasteiger partial charge in [0.15, 0.2) is 11.0 Å². The van der Waals surface area contributed by atoms with Gasteiger partial charge in [-0.05, 0) is 36.8 Å². The maximum Gasteiger partial charge on any atom is 0.250 e. The Hall–Kier alpha value is -2.11. The molecule has 0 fully saturated rings. The molecule has 1 atom stereocenters. The van der Waals surface area contributed by atoms with Crippen molar-refractivity contribution in [3.63, 3.8) is 0 Å². The maximum atomic E-state index is 12.5. The Balaban J connectivity index is 1.66. The summed E-state index contributed by atoms with van der Waals surface area (Å²) in [4.78, 5) is 17.0. The van der Waals surface area contributed by atoms with Crippen LogP contribution < -0.4 is 0 Å². The van der Waals surface area contributed by atoms with Crippen LogP contribution in [0.15, 0.2) is 53.7 Å². The molecular formula is C18H14ClN3OS. The molecule has 0 aliphatic carbocycles. The maximum absolute atomic E-state index is 12.5. The summed E-state index contributed by atoms with van der Waals surface area (Å²) in [6.45, 7) is 2.05. The molecule has 6 heteroatoms. The summed E-state index contributed by atoms with van der Waals surface area (Å²) in [5.74, 6) is 0.522. The molecule has 0 radical (unpaired) electrons. The quantitative estimate of drug-likeness (QED) is 0.663. The van der Waals surface area contributed by atoms with E-state index in [9.17, 15) is 4.79 Å². The number of rotatable bonds is 2. The number of aryl methyl sites for hydroxylation is 1. The number of benzene rings is 2. The molecule has 0 spiro atoms. The van der Waals surface area contributed by atoms with E-state index in [4.69, 9.17) is 11.6 Å². The van der Waals surface area contributed by atoms with Gasteiger partial charge < -0.3 is 0 Å². The van der Waals surface area contributed by atoms with Crippen LogP contribution in [0.25, 0.3) is 11.4 Å². The van der Waals surface area contributed by atoms with Crippen molar-refractivity contribution in [2.45, 2.75) is 23.8 Å². The number of halogens is 1. The lowest BCUT2D eigenvalue weighted by Crippen LogP contribution is -2.20. The van der Waals surface area contributed by atoms with Crippen molar-refractivity contribution in [1.29, 1.82) is 0 Å². The van der Waals surface area contributed by atoms with Gasteiger partial charge in [0.05, 0.1) is 0 Å². The summed E-state index contributed by atoms with van der Waals surface area (Å²) >= 11 is 7.50. The van der Waals surface area contributed by atoms with Gasteiger partial charge in [0.1, 0.15) is 0 Å². The highest BCUT2D eigenvalue weighted by atomic mass is 35.5. The second-order valence-corrected chi connectivity index (χ2v) is 7.36. The Morgan fingerprint density at radius 1 is 1.12 bits per heavy atom. The van der Waals surface area contributed by atoms with Gasteiger partial charge in [-0.1, -0.05) is 53.2 Å². The average molecular weight is 356 g/mol. The fraction of sp³-hybridized carbons (Fsp3) is 0.167. The molecular weight excluding hydrogens is 342 g/mol. The van der Waals surface area contributed by atoms with Crippen molar-refractivity contribution in [3.8, 4) is 11.4 Å². The number of aromatic nitrogens is 3. The van der Waals surface area contributed by atoms with Gasteiger partial charge in [-0.2, -0.15) is 4.68 Å². The fourth-order valence-corrected chi connectivity index (χ4v) is 3.92. The average Bonchev–Trinajstić information content (AvgIpc) is 3.01. The van der Waals surface area contributed by atoms with E-state index in [-0.39, 0.29) is 11.2 Å². The highest BCUT2D eigenvalue weighted by Crippen LogP contribution is 2.41. The number of fused-ring (bicyclic) bond motifs is 1. The van der Waals surface area contributed by atoms with Gasteiger partial charge in [-0.3, -0.25) is 4.79 Å².